The van der Waals surface area contributed by atoms with Crippen molar-refractivity contribution in [1.82, 2.24) is 24.3 Å². The van der Waals surface area contributed by atoms with E-state index < -0.39 is 0 Å². The largest absolute Gasteiger partial charge is 0.493 e. The zero-order valence-electron chi connectivity index (χ0n) is 16.5. The minimum atomic E-state index is 0.627. The van der Waals surface area contributed by atoms with E-state index in [1.807, 2.05) is 42.1 Å². The van der Waals surface area contributed by atoms with Crippen LogP contribution in [-0.2, 0) is 10.5 Å². The molecule has 0 unspecified atom stereocenters. The van der Waals surface area contributed by atoms with Crippen LogP contribution in [-0.4, -0.2) is 44.6 Å². The number of para-hydroxylation sites is 2. The summed E-state index contributed by atoms with van der Waals surface area (Å²) in [6.45, 7) is 3.37. The molecule has 3 heterocycles. The molecular weight excluding hydrogens is 386 g/mol. The molecule has 0 aliphatic rings. The third kappa shape index (κ3) is 4.28. The van der Waals surface area contributed by atoms with Crippen molar-refractivity contribution in [1.29, 1.82) is 0 Å². The predicted octanol–water partition coefficient (Wildman–Crippen LogP) is 3.96. The van der Waals surface area contributed by atoms with Crippen LogP contribution < -0.4 is 4.74 Å². The van der Waals surface area contributed by atoms with Crippen LogP contribution in [0.5, 0.6) is 5.75 Å². The van der Waals surface area contributed by atoms with Crippen molar-refractivity contribution in [3.8, 4) is 5.75 Å². The summed E-state index contributed by atoms with van der Waals surface area (Å²) in [7, 11) is 1.70. The first kappa shape index (κ1) is 19.5. The molecule has 4 rings (SSSR count). The summed E-state index contributed by atoms with van der Waals surface area (Å²) in [5.41, 5.74) is 4.03. The minimum Gasteiger partial charge on any atom is -0.493 e. The number of hydrogen-bond donors (Lipinski definition) is 0. The van der Waals surface area contributed by atoms with Gasteiger partial charge in [-0.2, -0.15) is 0 Å². The second kappa shape index (κ2) is 9.11. The molecule has 8 heteroatoms. The van der Waals surface area contributed by atoms with E-state index >= 15 is 0 Å². The molecule has 3 aromatic heterocycles. The second-order valence-electron chi connectivity index (χ2n) is 6.50. The van der Waals surface area contributed by atoms with Gasteiger partial charge in [-0.15, -0.1) is 0 Å². The molecule has 29 heavy (non-hydrogen) atoms. The van der Waals surface area contributed by atoms with Gasteiger partial charge in [0.05, 0.1) is 23.3 Å². The molecule has 0 aliphatic heterocycles. The molecule has 0 bridgehead atoms. The number of rotatable bonds is 9. The van der Waals surface area contributed by atoms with E-state index in [0.717, 1.165) is 39.6 Å². The van der Waals surface area contributed by atoms with Crippen molar-refractivity contribution < 1.29 is 9.47 Å². The molecule has 7 nitrogen and oxygen atoms in total. The molecule has 4 aromatic rings. The van der Waals surface area contributed by atoms with Crippen LogP contribution in [0.15, 0.2) is 60.4 Å². The molecule has 0 amide bonds. The lowest BCUT2D eigenvalue weighted by atomic mass is 10.2. The van der Waals surface area contributed by atoms with Crippen molar-refractivity contribution in [3.63, 3.8) is 0 Å². The highest BCUT2D eigenvalue weighted by molar-refractivity contribution is 7.98. The van der Waals surface area contributed by atoms with E-state index in [0.29, 0.717) is 19.0 Å². The number of thioether (sulfide) groups is 1. The maximum atomic E-state index is 5.90. The highest BCUT2D eigenvalue weighted by Gasteiger charge is 2.14. The highest BCUT2D eigenvalue weighted by atomic mass is 32.2. The van der Waals surface area contributed by atoms with Gasteiger partial charge < -0.3 is 9.47 Å². The van der Waals surface area contributed by atoms with Gasteiger partial charge in [0.2, 0.25) is 0 Å². The fourth-order valence-corrected chi connectivity index (χ4v) is 4.09. The van der Waals surface area contributed by atoms with Crippen molar-refractivity contribution in [3.05, 3.63) is 66.5 Å². The molecule has 0 atom stereocenters. The van der Waals surface area contributed by atoms with Crippen LogP contribution in [0.3, 0.4) is 0 Å². The molecule has 1 aromatic carbocycles. The zero-order chi connectivity index (χ0) is 20.1. The number of nitrogens with zero attached hydrogens (tertiary/aromatic N) is 5. The predicted molar refractivity (Wildman–Crippen MR) is 113 cm³/mol. The topological polar surface area (TPSA) is 67.0 Å². The van der Waals surface area contributed by atoms with Crippen molar-refractivity contribution in [2.24, 2.45) is 0 Å². The first-order valence-electron chi connectivity index (χ1n) is 9.43. The van der Waals surface area contributed by atoms with E-state index in [9.17, 15) is 0 Å². The summed E-state index contributed by atoms with van der Waals surface area (Å²) in [5.74, 6) is 1.56. The van der Waals surface area contributed by atoms with E-state index in [4.69, 9.17) is 14.5 Å². The Labute approximate surface area is 173 Å². The van der Waals surface area contributed by atoms with Crippen molar-refractivity contribution >= 4 is 22.8 Å². The maximum Gasteiger partial charge on any atom is 0.189 e. The molecule has 0 radical (unpaired) electrons. The first-order valence-corrected chi connectivity index (χ1v) is 10.4. The number of hydrogen-bond acceptors (Lipinski definition) is 6. The summed E-state index contributed by atoms with van der Waals surface area (Å²) in [6.07, 6.45) is 8.11. The van der Waals surface area contributed by atoms with Gasteiger partial charge in [-0.1, -0.05) is 23.9 Å². The fraction of sp³-hybridized carbons (Fsp3) is 0.286. The van der Waals surface area contributed by atoms with Gasteiger partial charge in [0.1, 0.15) is 12.1 Å². The third-order valence-corrected chi connectivity index (χ3v) is 5.52. The summed E-state index contributed by atoms with van der Waals surface area (Å²) >= 11 is 1.64. The molecule has 0 fully saturated rings. The van der Waals surface area contributed by atoms with E-state index in [2.05, 4.69) is 20.7 Å². The Morgan fingerprint density at radius 1 is 1.10 bits per heavy atom. The lowest BCUT2D eigenvalue weighted by Crippen LogP contribution is -2.08. The lowest BCUT2D eigenvalue weighted by Gasteiger charge is -2.12. The SMILES string of the molecule is COCCCOc1ccnc(CSc2nc3ccccc3n2-n2ccnc2)c1C. The van der Waals surface area contributed by atoms with Crippen molar-refractivity contribution in [2.75, 3.05) is 20.3 Å². The van der Waals surface area contributed by atoms with Gasteiger partial charge in [0, 0.05) is 50.0 Å². The Hall–Kier alpha value is -2.84. The highest BCUT2D eigenvalue weighted by Crippen LogP contribution is 2.29. The normalized spacial score (nSPS) is 11.2. The van der Waals surface area contributed by atoms with Gasteiger partial charge in [0.25, 0.3) is 0 Å². The maximum absolute atomic E-state index is 5.90. The molecule has 150 valence electrons. The van der Waals surface area contributed by atoms with Crippen LogP contribution in [0.1, 0.15) is 17.7 Å². The van der Waals surface area contributed by atoms with Gasteiger partial charge in [-0.05, 0) is 25.1 Å². The summed E-state index contributed by atoms with van der Waals surface area (Å²) in [5, 5.41) is 0.886. The van der Waals surface area contributed by atoms with Crippen LogP contribution >= 0.6 is 11.8 Å². The molecule has 0 N–H and O–H groups in total. The average Bonchev–Trinajstić information content (AvgIpc) is 3.38. The second-order valence-corrected chi connectivity index (χ2v) is 7.44. The summed E-state index contributed by atoms with van der Waals surface area (Å²) in [6, 6.07) is 10.0. The standard InChI is InChI=1S/C21H23N5O2S/c1-16-18(23-9-8-20(16)28-13-5-12-27-2)14-29-21-24-17-6-3-4-7-19(17)26(21)25-11-10-22-15-25/h3-4,6-11,15H,5,12-14H2,1-2H3. The average molecular weight is 410 g/mol. The number of fused-ring (bicyclic) bond motifs is 1. The Balaban J connectivity index is 1.55. The first-order chi connectivity index (χ1) is 14.3. The smallest absolute Gasteiger partial charge is 0.189 e. The number of methoxy groups -OCH3 is 1. The minimum absolute atomic E-state index is 0.627. The Morgan fingerprint density at radius 2 is 2.00 bits per heavy atom. The number of aromatic nitrogens is 5. The monoisotopic (exact) mass is 409 g/mol. The van der Waals surface area contributed by atoms with Crippen LogP contribution in [0.4, 0.5) is 0 Å². The van der Waals surface area contributed by atoms with E-state index in [-0.39, 0.29) is 0 Å². The lowest BCUT2D eigenvalue weighted by molar-refractivity contribution is 0.172. The van der Waals surface area contributed by atoms with Gasteiger partial charge in [-0.3, -0.25) is 4.98 Å². The molecular formula is C21H23N5O2S. The third-order valence-electron chi connectivity index (χ3n) is 4.58. The fourth-order valence-electron chi connectivity index (χ4n) is 3.06. The number of imidazole rings is 2. The Morgan fingerprint density at radius 3 is 2.83 bits per heavy atom. The quantitative estimate of drug-likeness (QED) is 0.308. The molecule has 0 aliphatic carbocycles. The van der Waals surface area contributed by atoms with Crippen molar-refractivity contribution in [2.45, 2.75) is 24.3 Å². The number of ether oxygens (including phenoxy) is 2. The van der Waals surface area contributed by atoms with E-state index in [1.54, 1.807) is 37.6 Å². The molecule has 0 spiro atoms. The number of benzene rings is 1. The van der Waals surface area contributed by atoms with Gasteiger partial charge >= 0.3 is 0 Å². The van der Waals surface area contributed by atoms with Crippen LogP contribution in [0.2, 0.25) is 0 Å². The van der Waals surface area contributed by atoms with Gasteiger partial charge in [-0.25, -0.2) is 19.3 Å². The Kier molecular flexibility index (Phi) is 6.12. The van der Waals surface area contributed by atoms with Crippen LogP contribution in [0, 0.1) is 6.92 Å². The zero-order valence-corrected chi connectivity index (χ0v) is 17.3. The summed E-state index contributed by atoms with van der Waals surface area (Å²) < 4.78 is 15.0. The van der Waals surface area contributed by atoms with Gasteiger partial charge in [0.15, 0.2) is 5.16 Å². The Bertz CT molecular complexity index is 1080. The number of pyridine rings is 1. The van der Waals surface area contributed by atoms with E-state index in [1.165, 1.54) is 0 Å². The molecule has 0 saturated carbocycles. The van der Waals surface area contributed by atoms with Crippen LogP contribution in [0.25, 0.3) is 11.0 Å². The molecule has 0 saturated heterocycles. The summed E-state index contributed by atoms with van der Waals surface area (Å²) in [4.78, 5) is 13.6.